The third-order valence-corrected chi connectivity index (χ3v) is 4.12. The maximum absolute atomic E-state index is 12.1. The Labute approximate surface area is 143 Å². The van der Waals surface area contributed by atoms with Crippen LogP contribution in [0.15, 0.2) is 58.6 Å². The van der Waals surface area contributed by atoms with Crippen LogP contribution in [0, 0.1) is 6.92 Å². The molecule has 3 rings (SSSR count). The molecule has 116 valence electrons. The smallest absolute Gasteiger partial charge is 0.343 e. The van der Waals surface area contributed by atoms with Gasteiger partial charge in [-0.3, -0.25) is 0 Å². The summed E-state index contributed by atoms with van der Waals surface area (Å²) in [4.78, 5) is 12.1. The van der Waals surface area contributed by atoms with E-state index in [0.717, 1.165) is 26.9 Å². The first-order valence-electron chi connectivity index (χ1n) is 7.13. The molecule has 0 aliphatic carbocycles. The second kappa shape index (κ2) is 6.42. The Morgan fingerprint density at radius 2 is 1.87 bits per heavy atom. The van der Waals surface area contributed by atoms with E-state index in [4.69, 9.17) is 9.47 Å². The van der Waals surface area contributed by atoms with Gasteiger partial charge in [-0.2, -0.15) is 0 Å². The van der Waals surface area contributed by atoms with Crippen LogP contribution in [-0.4, -0.2) is 13.1 Å². The van der Waals surface area contributed by atoms with Crippen molar-refractivity contribution in [3.8, 4) is 5.75 Å². The van der Waals surface area contributed by atoms with Crippen molar-refractivity contribution in [2.24, 2.45) is 0 Å². The molecule has 23 heavy (non-hydrogen) atoms. The lowest BCUT2D eigenvalue weighted by Crippen LogP contribution is -1.97. The Morgan fingerprint density at radius 1 is 1.13 bits per heavy atom. The molecule has 0 bridgehead atoms. The zero-order chi connectivity index (χ0) is 16.4. The predicted molar refractivity (Wildman–Crippen MR) is 93.9 cm³/mol. The van der Waals surface area contributed by atoms with Crippen molar-refractivity contribution in [1.82, 2.24) is 0 Å². The second-order valence-electron chi connectivity index (χ2n) is 5.23. The van der Waals surface area contributed by atoms with Crippen molar-refractivity contribution in [3.63, 3.8) is 0 Å². The number of carbonyl (C=O) groups is 1. The third kappa shape index (κ3) is 3.37. The number of aryl methyl sites for hydroxylation is 1. The van der Waals surface area contributed by atoms with Crippen LogP contribution in [0.5, 0.6) is 5.75 Å². The molecule has 4 heteroatoms. The molecule has 3 nitrogen and oxygen atoms in total. The number of hydrogen-bond acceptors (Lipinski definition) is 3. The van der Waals surface area contributed by atoms with E-state index in [-0.39, 0.29) is 5.97 Å². The molecule has 1 heterocycles. The number of halogens is 1. The van der Waals surface area contributed by atoms with Gasteiger partial charge in [-0.05, 0) is 54.5 Å². The van der Waals surface area contributed by atoms with Crippen molar-refractivity contribution in [3.05, 3.63) is 75.3 Å². The Kier molecular flexibility index (Phi) is 4.35. The minimum atomic E-state index is -0.337. The van der Waals surface area contributed by atoms with E-state index in [1.807, 2.05) is 55.5 Å². The number of benzene rings is 2. The van der Waals surface area contributed by atoms with Crippen molar-refractivity contribution in [2.75, 3.05) is 7.11 Å². The summed E-state index contributed by atoms with van der Waals surface area (Å²) < 4.78 is 11.6. The first kappa shape index (κ1) is 15.6. The van der Waals surface area contributed by atoms with Gasteiger partial charge in [-0.15, -0.1) is 0 Å². The van der Waals surface area contributed by atoms with Crippen molar-refractivity contribution < 1.29 is 14.3 Å². The fraction of sp³-hybridized carbons (Fsp3) is 0.105. The molecule has 0 saturated carbocycles. The van der Waals surface area contributed by atoms with E-state index < -0.39 is 0 Å². The normalized spacial score (nSPS) is 15.5. The number of cyclic esters (lactones) is 1. The molecule has 1 aliphatic heterocycles. The summed E-state index contributed by atoms with van der Waals surface area (Å²) in [6.45, 7) is 1.97. The van der Waals surface area contributed by atoms with Gasteiger partial charge in [-0.25, -0.2) is 4.79 Å². The molecular formula is C19H15BrO3. The first-order chi connectivity index (χ1) is 11.1. The van der Waals surface area contributed by atoms with Crippen molar-refractivity contribution in [2.45, 2.75) is 6.92 Å². The molecule has 0 amide bonds. The number of methoxy groups -OCH3 is 1. The van der Waals surface area contributed by atoms with Gasteiger partial charge in [0.15, 0.2) is 0 Å². The van der Waals surface area contributed by atoms with Gasteiger partial charge in [0.25, 0.3) is 0 Å². The van der Waals surface area contributed by atoms with Crippen LogP contribution in [0.1, 0.15) is 16.7 Å². The summed E-state index contributed by atoms with van der Waals surface area (Å²) in [7, 11) is 1.64. The molecule has 0 N–H and O–H groups in total. The topological polar surface area (TPSA) is 35.5 Å². The van der Waals surface area contributed by atoms with Crippen LogP contribution < -0.4 is 4.74 Å². The molecule has 0 spiro atoms. The molecule has 0 atom stereocenters. The van der Waals surface area contributed by atoms with E-state index >= 15 is 0 Å². The minimum Gasteiger partial charge on any atom is -0.496 e. The number of ether oxygens (including phenoxy) is 2. The molecule has 2 aromatic carbocycles. The average Bonchev–Trinajstić information content (AvgIpc) is 2.89. The number of carbonyl (C=O) groups excluding carboxylic acids is 1. The molecule has 0 unspecified atom stereocenters. The lowest BCUT2D eigenvalue weighted by Gasteiger charge is -2.04. The second-order valence-corrected chi connectivity index (χ2v) is 6.15. The zero-order valence-electron chi connectivity index (χ0n) is 12.8. The lowest BCUT2D eigenvalue weighted by molar-refractivity contribution is -0.130. The van der Waals surface area contributed by atoms with Crippen LogP contribution in [-0.2, 0) is 9.53 Å². The monoisotopic (exact) mass is 370 g/mol. The molecule has 0 fully saturated rings. The summed E-state index contributed by atoms with van der Waals surface area (Å²) in [6.07, 6.45) is 3.59. The quantitative estimate of drug-likeness (QED) is 0.577. The Morgan fingerprint density at radius 3 is 2.52 bits per heavy atom. The lowest BCUT2D eigenvalue weighted by atomic mass is 10.1. The average molecular weight is 371 g/mol. The summed E-state index contributed by atoms with van der Waals surface area (Å²) in [5.74, 6) is 1.06. The van der Waals surface area contributed by atoms with E-state index in [1.165, 1.54) is 0 Å². The standard InChI is InChI=1S/C19H15BrO3/c1-12-9-13(3-8-17(12)22-2)10-15-11-18(23-19(15)21)14-4-6-16(20)7-5-14/h3-11H,1-2H3. The first-order valence-corrected chi connectivity index (χ1v) is 7.92. The highest BCUT2D eigenvalue weighted by Crippen LogP contribution is 2.29. The van der Waals surface area contributed by atoms with Gasteiger partial charge in [-0.1, -0.05) is 34.1 Å². The molecule has 0 aromatic heterocycles. The van der Waals surface area contributed by atoms with E-state index in [1.54, 1.807) is 13.2 Å². The number of esters is 1. The minimum absolute atomic E-state index is 0.337. The SMILES string of the molecule is COc1ccc(C=C2C=C(c3ccc(Br)cc3)OC2=O)cc1C. The Balaban J connectivity index is 1.91. The summed E-state index contributed by atoms with van der Waals surface area (Å²) >= 11 is 3.39. The van der Waals surface area contributed by atoms with Crippen LogP contribution in [0.2, 0.25) is 0 Å². The van der Waals surface area contributed by atoms with Crippen LogP contribution in [0.25, 0.3) is 11.8 Å². The fourth-order valence-electron chi connectivity index (χ4n) is 2.42. The van der Waals surface area contributed by atoms with E-state index in [2.05, 4.69) is 15.9 Å². The Hall–Kier alpha value is -2.33. The summed E-state index contributed by atoms with van der Waals surface area (Å²) in [5, 5.41) is 0. The van der Waals surface area contributed by atoms with Crippen LogP contribution in [0.4, 0.5) is 0 Å². The zero-order valence-corrected chi connectivity index (χ0v) is 14.4. The summed E-state index contributed by atoms with van der Waals surface area (Å²) in [6, 6.07) is 13.4. The van der Waals surface area contributed by atoms with Crippen LogP contribution >= 0.6 is 15.9 Å². The van der Waals surface area contributed by atoms with Crippen molar-refractivity contribution in [1.29, 1.82) is 0 Å². The van der Waals surface area contributed by atoms with Crippen molar-refractivity contribution >= 4 is 33.7 Å². The molecule has 1 aliphatic rings. The number of hydrogen-bond donors (Lipinski definition) is 0. The highest BCUT2D eigenvalue weighted by molar-refractivity contribution is 9.10. The van der Waals surface area contributed by atoms with Gasteiger partial charge >= 0.3 is 5.97 Å². The highest BCUT2D eigenvalue weighted by Gasteiger charge is 2.21. The van der Waals surface area contributed by atoms with Gasteiger partial charge in [0.2, 0.25) is 0 Å². The Bertz CT molecular complexity index is 817. The van der Waals surface area contributed by atoms with Gasteiger partial charge < -0.3 is 9.47 Å². The molecular weight excluding hydrogens is 356 g/mol. The van der Waals surface area contributed by atoms with Gasteiger partial charge in [0.1, 0.15) is 11.5 Å². The largest absolute Gasteiger partial charge is 0.496 e. The maximum atomic E-state index is 12.1. The molecule has 0 radical (unpaired) electrons. The molecule has 2 aromatic rings. The predicted octanol–water partition coefficient (Wildman–Crippen LogP) is 4.75. The number of rotatable bonds is 3. The van der Waals surface area contributed by atoms with E-state index in [0.29, 0.717) is 11.3 Å². The van der Waals surface area contributed by atoms with E-state index in [9.17, 15) is 4.79 Å². The summed E-state index contributed by atoms with van der Waals surface area (Å²) in [5.41, 5.74) is 3.36. The highest BCUT2D eigenvalue weighted by atomic mass is 79.9. The van der Waals surface area contributed by atoms with Gasteiger partial charge in [0, 0.05) is 10.0 Å². The maximum Gasteiger partial charge on any atom is 0.343 e. The van der Waals surface area contributed by atoms with Crippen LogP contribution in [0.3, 0.4) is 0 Å². The van der Waals surface area contributed by atoms with Gasteiger partial charge in [0.05, 0.1) is 12.7 Å². The third-order valence-electron chi connectivity index (χ3n) is 3.59. The molecule has 0 saturated heterocycles. The fourth-order valence-corrected chi connectivity index (χ4v) is 2.68.